The summed E-state index contributed by atoms with van der Waals surface area (Å²) in [5, 5.41) is 0. The highest BCUT2D eigenvalue weighted by Gasteiger charge is 2.37. The van der Waals surface area contributed by atoms with Gasteiger partial charge in [0, 0.05) is 5.69 Å². The molecule has 0 saturated carbocycles. The van der Waals surface area contributed by atoms with E-state index >= 15 is 0 Å². The van der Waals surface area contributed by atoms with Crippen LogP contribution in [0.1, 0.15) is 12.8 Å². The predicted molar refractivity (Wildman–Crippen MR) is 64.1 cm³/mol. The van der Waals surface area contributed by atoms with E-state index in [1.54, 1.807) is 0 Å². The van der Waals surface area contributed by atoms with Gasteiger partial charge in [-0.05, 0) is 31.0 Å². The molecule has 2 aliphatic rings. The highest BCUT2D eigenvalue weighted by Crippen LogP contribution is 2.34. The monoisotopic (exact) mass is 230 g/mol. The van der Waals surface area contributed by atoms with E-state index in [4.69, 9.17) is 9.15 Å². The Morgan fingerprint density at radius 3 is 2.82 bits per heavy atom. The molecule has 0 amide bonds. The fraction of sp³-hybridized carbons (Fsp3) is 0.462. The van der Waals surface area contributed by atoms with Gasteiger partial charge in [0.05, 0.1) is 25.3 Å². The van der Waals surface area contributed by atoms with Gasteiger partial charge in [0.25, 0.3) is 0 Å². The Bertz CT molecular complexity index is 535. The highest BCUT2D eigenvalue weighted by molar-refractivity contribution is 5.77. The summed E-state index contributed by atoms with van der Waals surface area (Å²) < 4.78 is 10.9. The van der Waals surface area contributed by atoms with Crippen LogP contribution in [0.2, 0.25) is 0 Å². The van der Waals surface area contributed by atoms with Crippen molar-refractivity contribution in [2.24, 2.45) is 0 Å². The maximum absolute atomic E-state index is 5.60. The van der Waals surface area contributed by atoms with Gasteiger partial charge in [-0.1, -0.05) is 0 Å². The van der Waals surface area contributed by atoms with Gasteiger partial charge in [0.15, 0.2) is 12.0 Å². The Morgan fingerprint density at radius 2 is 2.00 bits per heavy atom. The van der Waals surface area contributed by atoms with Crippen LogP contribution in [0.5, 0.6) is 0 Å². The van der Waals surface area contributed by atoms with Crippen molar-refractivity contribution >= 4 is 16.8 Å². The summed E-state index contributed by atoms with van der Waals surface area (Å²) >= 11 is 0. The molecule has 2 fully saturated rings. The summed E-state index contributed by atoms with van der Waals surface area (Å²) in [5.74, 6) is 0. The van der Waals surface area contributed by atoms with E-state index < -0.39 is 0 Å². The maximum Gasteiger partial charge on any atom is 0.181 e. The fourth-order valence-electron chi connectivity index (χ4n) is 3.06. The van der Waals surface area contributed by atoms with Gasteiger partial charge in [0.2, 0.25) is 0 Å². The molecule has 2 aromatic rings. The van der Waals surface area contributed by atoms with Crippen molar-refractivity contribution < 1.29 is 9.15 Å². The van der Waals surface area contributed by atoms with Crippen molar-refractivity contribution in [2.75, 3.05) is 18.1 Å². The average Bonchev–Trinajstić information content (AvgIpc) is 2.91. The van der Waals surface area contributed by atoms with Gasteiger partial charge < -0.3 is 14.1 Å². The molecule has 88 valence electrons. The third-order valence-electron chi connectivity index (χ3n) is 3.85. The summed E-state index contributed by atoms with van der Waals surface area (Å²) in [4.78, 5) is 6.72. The van der Waals surface area contributed by atoms with Crippen molar-refractivity contribution in [1.82, 2.24) is 4.98 Å². The zero-order valence-corrected chi connectivity index (χ0v) is 9.50. The highest BCUT2D eigenvalue weighted by atomic mass is 16.5. The van der Waals surface area contributed by atoms with Crippen LogP contribution in [-0.2, 0) is 4.74 Å². The molecular formula is C13H14N2O2. The van der Waals surface area contributed by atoms with E-state index in [0.717, 1.165) is 24.3 Å². The number of nitrogens with zero attached hydrogens (tertiary/aromatic N) is 2. The Balaban J connectivity index is 1.78. The van der Waals surface area contributed by atoms with E-state index in [0.29, 0.717) is 12.1 Å². The van der Waals surface area contributed by atoms with Crippen LogP contribution in [0.4, 0.5) is 5.69 Å². The first-order valence-electron chi connectivity index (χ1n) is 6.11. The van der Waals surface area contributed by atoms with Crippen molar-refractivity contribution in [1.29, 1.82) is 0 Å². The van der Waals surface area contributed by atoms with Crippen LogP contribution in [-0.4, -0.2) is 30.3 Å². The fourth-order valence-corrected chi connectivity index (χ4v) is 3.06. The van der Waals surface area contributed by atoms with Crippen LogP contribution in [0.25, 0.3) is 11.1 Å². The summed E-state index contributed by atoms with van der Waals surface area (Å²) in [7, 11) is 0. The second kappa shape index (κ2) is 3.47. The van der Waals surface area contributed by atoms with E-state index in [1.165, 1.54) is 24.9 Å². The van der Waals surface area contributed by atoms with Crippen LogP contribution in [0.15, 0.2) is 29.0 Å². The summed E-state index contributed by atoms with van der Waals surface area (Å²) in [5.41, 5.74) is 3.05. The summed E-state index contributed by atoms with van der Waals surface area (Å²) in [6, 6.07) is 7.34. The smallest absolute Gasteiger partial charge is 0.181 e. The Kier molecular flexibility index (Phi) is 1.93. The lowest BCUT2D eigenvalue weighted by atomic mass is 10.2. The average molecular weight is 230 g/mol. The Hall–Kier alpha value is -1.55. The number of ether oxygens (including phenoxy) is 1. The molecule has 2 bridgehead atoms. The number of hydrogen-bond acceptors (Lipinski definition) is 4. The van der Waals surface area contributed by atoms with E-state index in [1.807, 2.05) is 6.07 Å². The first-order valence-corrected chi connectivity index (χ1v) is 6.11. The third-order valence-corrected chi connectivity index (χ3v) is 3.85. The number of oxazole rings is 1. The molecule has 4 rings (SSSR count). The van der Waals surface area contributed by atoms with Crippen molar-refractivity contribution in [3.8, 4) is 0 Å². The molecule has 4 heteroatoms. The Morgan fingerprint density at radius 1 is 1.18 bits per heavy atom. The molecule has 0 radical (unpaired) electrons. The molecule has 0 aliphatic carbocycles. The number of morpholine rings is 1. The van der Waals surface area contributed by atoms with Crippen molar-refractivity contribution in [3.05, 3.63) is 24.6 Å². The van der Waals surface area contributed by atoms with Crippen molar-refractivity contribution in [3.63, 3.8) is 0 Å². The second-order valence-electron chi connectivity index (χ2n) is 4.83. The molecular weight excluding hydrogens is 216 g/mol. The zero-order valence-electron chi connectivity index (χ0n) is 9.50. The predicted octanol–water partition coefficient (Wildman–Crippen LogP) is 2.20. The molecule has 0 spiro atoms. The largest absolute Gasteiger partial charge is 0.443 e. The van der Waals surface area contributed by atoms with Crippen LogP contribution >= 0.6 is 0 Å². The molecule has 2 unspecified atom stereocenters. The number of rotatable bonds is 1. The number of fused-ring (bicyclic) bond motifs is 3. The topological polar surface area (TPSA) is 38.5 Å². The van der Waals surface area contributed by atoms with Gasteiger partial charge in [-0.3, -0.25) is 0 Å². The maximum atomic E-state index is 5.60. The SMILES string of the molecule is c1nc2cc(N3C4CCC3COC4)ccc2o1. The van der Waals surface area contributed by atoms with Gasteiger partial charge in [-0.25, -0.2) is 4.98 Å². The minimum atomic E-state index is 0.540. The molecule has 2 atom stereocenters. The first kappa shape index (κ1) is 9.48. The lowest BCUT2D eigenvalue weighted by molar-refractivity contribution is 0.0907. The third kappa shape index (κ3) is 1.37. The lowest BCUT2D eigenvalue weighted by Crippen LogP contribution is -2.45. The molecule has 2 saturated heterocycles. The molecule has 1 aromatic heterocycles. The molecule has 4 nitrogen and oxygen atoms in total. The van der Waals surface area contributed by atoms with Crippen LogP contribution < -0.4 is 4.90 Å². The quantitative estimate of drug-likeness (QED) is 0.752. The standard InChI is InChI=1S/C13H14N2O2/c1-2-11-7-16-6-10(1)15(11)9-3-4-13-12(5-9)14-8-17-13/h3-5,8,10-11H,1-2,6-7H2. The molecule has 2 aliphatic heterocycles. The van der Waals surface area contributed by atoms with Crippen molar-refractivity contribution in [2.45, 2.75) is 24.9 Å². The van der Waals surface area contributed by atoms with Gasteiger partial charge in [-0.2, -0.15) is 0 Å². The molecule has 1 aromatic carbocycles. The number of aromatic nitrogens is 1. The van der Waals surface area contributed by atoms with E-state index in [2.05, 4.69) is 22.0 Å². The molecule has 3 heterocycles. The molecule has 0 N–H and O–H groups in total. The van der Waals surface area contributed by atoms with Gasteiger partial charge >= 0.3 is 0 Å². The minimum absolute atomic E-state index is 0.540. The molecule has 17 heavy (non-hydrogen) atoms. The lowest BCUT2D eigenvalue weighted by Gasteiger charge is -2.36. The number of benzene rings is 1. The summed E-state index contributed by atoms with van der Waals surface area (Å²) in [6.07, 6.45) is 3.98. The number of anilines is 1. The van der Waals surface area contributed by atoms with Gasteiger partial charge in [-0.15, -0.1) is 0 Å². The normalized spacial score (nSPS) is 27.9. The first-order chi connectivity index (χ1) is 8.42. The summed E-state index contributed by atoms with van der Waals surface area (Å²) in [6.45, 7) is 1.71. The van der Waals surface area contributed by atoms with Crippen LogP contribution in [0.3, 0.4) is 0 Å². The number of hydrogen-bond donors (Lipinski definition) is 0. The zero-order chi connectivity index (χ0) is 11.2. The van der Waals surface area contributed by atoms with E-state index in [-0.39, 0.29) is 0 Å². The second-order valence-corrected chi connectivity index (χ2v) is 4.83. The van der Waals surface area contributed by atoms with E-state index in [9.17, 15) is 0 Å². The minimum Gasteiger partial charge on any atom is -0.443 e. The Labute approximate surface area is 99.2 Å². The van der Waals surface area contributed by atoms with Gasteiger partial charge in [0.1, 0.15) is 5.52 Å². The van der Waals surface area contributed by atoms with Crippen LogP contribution in [0, 0.1) is 0 Å².